The molecule has 0 aliphatic rings. The monoisotopic (exact) mass is 484 g/mol. The number of hydrogen-bond donors (Lipinski definition) is 3. The maximum Gasteiger partial charge on any atom is 0.153 e. The quantitative estimate of drug-likeness (QED) is 0.313. The lowest BCUT2D eigenvalue weighted by Gasteiger charge is -2.18. The third-order valence-electron chi connectivity index (χ3n) is 5.13. The summed E-state index contributed by atoms with van der Waals surface area (Å²) in [5.41, 5.74) is 0.0378. The molecule has 0 fully saturated rings. The lowest BCUT2D eigenvalue weighted by atomic mass is 9.96. The van der Waals surface area contributed by atoms with Gasteiger partial charge in [-0.1, -0.05) is 6.07 Å². The SMILES string of the molecule is CC(C)(O)c1cc(F)c(-c2cc(C=O)c(Nc3cccc(-c4cnn(CCO)c4)n3)s2)c(F)c1. The number of aromatic nitrogens is 3. The number of halogens is 2. The average molecular weight is 485 g/mol. The van der Waals surface area contributed by atoms with Gasteiger partial charge in [0.2, 0.25) is 0 Å². The predicted octanol–water partition coefficient (Wildman–Crippen LogP) is 4.73. The molecule has 3 heterocycles. The lowest BCUT2D eigenvalue weighted by molar-refractivity contribution is 0.0779. The van der Waals surface area contributed by atoms with Gasteiger partial charge in [-0.15, -0.1) is 11.3 Å². The van der Waals surface area contributed by atoms with Crippen molar-refractivity contribution in [3.8, 4) is 21.7 Å². The van der Waals surface area contributed by atoms with Crippen molar-refractivity contribution < 1.29 is 23.8 Å². The molecule has 0 amide bonds. The van der Waals surface area contributed by atoms with Crippen LogP contribution in [0.5, 0.6) is 0 Å². The molecule has 1 aromatic carbocycles. The van der Waals surface area contributed by atoms with Gasteiger partial charge in [0.15, 0.2) is 6.29 Å². The fourth-order valence-electron chi connectivity index (χ4n) is 3.38. The molecular formula is C24H22F2N4O3S. The van der Waals surface area contributed by atoms with E-state index in [2.05, 4.69) is 15.4 Å². The highest BCUT2D eigenvalue weighted by Crippen LogP contribution is 2.39. The smallest absolute Gasteiger partial charge is 0.153 e. The number of benzene rings is 1. The van der Waals surface area contributed by atoms with E-state index in [1.807, 2.05) is 0 Å². The zero-order valence-corrected chi connectivity index (χ0v) is 19.2. The average Bonchev–Trinajstić information content (AvgIpc) is 3.40. The number of nitrogens with zero attached hydrogens (tertiary/aromatic N) is 3. The summed E-state index contributed by atoms with van der Waals surface area (Å²) in [6.45, 7) is 3.21. The maximum absolute atomic E-state index is 14.8. The van der Waals surface area contributed by atoms with Gasteiger partial charge < -0.3 is 15.5 Å². The second-order valence-electron chi connectivity index (χ2n) is 8.14. The number of pyridine rings is 1. The zero-order chi connectivity index (χ0) is 24.5. The molecule has 0 aliphatic carbocycles. The molecule has 4 rings (SSSR count). The van der Waals surface area contributed by atoms with Gasteiger partial charge in [-0.05, 0) is 49.7 Å². The summed E-state index contributed by atoms with van der Waals surface area (Å²) in [5.74, 6) is -1.23. The Hall–Kier alpha value is -3.47. The van der Waals surface area contributed by atoms with Gasteiger partial charge in [-0.2, -0.15) is 5.10 Å². The Kier molecular flexibility index (Phi) is 6.56. The van der Waals surface area contributed by atoms with Crippen molar-refractivity contribution in [2.75, 3.05) is 11.9 Å². The van der Waals surface area contributed by atoms with E-state index in [0.29, 0.717) is 29.3 Å². The number of rotatable bonds is 8. The molecule has 0 radical (unpaired) electrons. The summed E-state index contributed by atoms with van der Waals surface area (Å²) in [6.07, 6.45) is 3.99. The minimum absolute atomic E-state index is 0.0347. The van der Waals surface area contributed by atoms with Crippen LogP contribution < -0.4 is 5.32 Å². The van der Waals surface area contributed by atoms with E-state index in [1.165, 1.54) is 19.9 Å². The van der Waals surface area contributed by atoms with Gasteiger partial charge in [0.05, 0.1) is 36.2 Å². The number of carbonyl (C=O) groups excluding carboxylic acids is 1. The molecule has 176 valence electrons. The molecule has 34 heavy (non-hydrogen) atoms. The maximum atomic E-state index is 14.8. The normalized spacial score (nSPS) is 11.6. The summed E-state index contributed by atoms with van der Waals surface area (Å²) in [4.78, 5) is 16.4. The Balaban J connectivity index is 1.65. The highest BCUT2D eigenvalue weighted by atomic mass is 32.1. The molecule has 0 bridgehead atoms. The molecule has 4 aromatic rings. The van der Waals surface area contributed by atoms with Crippen LogP contribution in [0.3, 0.4) is 0 Å². The van der Waals surface area contributed by atoms with Crippen LogP contribution in [0.4, 0.5) is 19.6 Å². The van der Waals surface area contributed by atoms with E-state index < -0.39 is 17.2 Å². The van der Waals surface area contributed by atoms with Gasteiger partial charge in [0, 0.05) is 22.2 Å². The summed E-state index contributed by atoms with van der Waals surface area (Å²) >= 11 is 1.02. The third kappa shape index (κ3) is 4.89. The van der Waals surface area contributed by atoms with Crippen LogP contribution in [0.2, 0.25) is 0 Å². The number of aldehydes is 1. The Bertz CT molecular complexity index is 1320. The number of aliphatic hydroxyl groups excluding tert-OH is 1. The minimum Gasteiger partial charge on any atom is -0.394 e. The third-order valence-corrected chi connectivity index (χ3v) is 6.22. The molecule has 10 heteroatoms. The van der Waals surface area contributed by atoms with Crippen LogP contribution >= 0.6 is 11.3 Å². The zero-order valence-electron chi connectivity index (χ0n) is 18.4. The Labute approximate surface area is 198 Å². The molecule has 0 saturated carbocycles. The van der Waals surface area contributed by atoms with Crippen molar-refractivity contribution in [2.24, 2.45) is 0 Å². The molecule has 0 saturated heterocycles. The first-order chi connectivity index (χ1) is 16.2. The number of nitrogens with one attached hydrogen (secondary N) is 1. The summed E-state index contributed by atoms with van der Waals surface area (Å²) in [6, 6.07) is 8.86. The van der Waals surface area contributed by atoms with Crippen LogP contribution in [0.15, 0.2) is 48.8 Å². The van der Waals surface area contributed by atoms with Crippen molar-refractivity contribution in [3.05, 3.63) is 71.6 Å². The van der Waals surface area contributed by atoms with Gasteiger partial charge in [-0.25, -0.2) is 13.8 Å². The topological polar surface area (TPSA) is 100 Å². The van der Waals surface area contributed by atoms with E-state index >= 15 is 0 Å². The van der Waals surface area contributed by atoms with Crippen molar-refractivity contribution in [2.45, 2.75) is 26.0 Å². The number of anilines is 2. The van der Waals surface area contributed by atoms with Gasteiger partial charge in [-0.3, -0.25) is 9.48 Å². The molecule has 0 spiro atoms. The molecular weight excluding hydrogens is 462 g/mol. The van der Waals surface area contributed by atoms with E-state index in [9.17, 15) is 18.7 Å². The van der Waals surface area contributed by atoms with Gasteiger partial charge in [0.1, 0.15) is 22.5 Å². The molecule has 0 unspecified atom stereocenters. The number of aliphatic hydroxyl groups is 2. The molecule has 3 aromatic heterocycles. The predicted molar refractivity (Wildman–Crippen MR) is 126 cm³/mol. The summed E-state index contributed by atoms with van der Waals surface area (Å²) in [7, 11) is 0. The first-order valence-electron chi connectivity index (χ1n) is 10.4. The standard InChI is InChI=1S/C24H22F2N4O3S/c1-24(2,33)16-9-17(25)22(18(26)10-16)20-8-14(13-32)23(34-20)29-21-5-3-4-19(28-21)15-11-27-30(12-15)6-7-31/h3-5,8-13,31,33H,6-7H2,1-2H3,(H,28,29). The largest absolute Gasteiger partial charge is 0.394 e. The Morgan fingerprint density at radius 2 is 1.94 bits per heavy atom. The number of hydrogen-bond acceptors (Lipinski definition) is 7. The molecule has 3 N–H and O–H groups in total. The van der Waals surface area contributed by atoms with Crippen molar-refractivity contribution >= 4 is 28.4 Å². The fourth-order valence-corrected chi connectivity index (χ4v) is 4.46. The molecule has 0 atom stereocenters. The second kappa shape index (κ2) is 9.41. The van der Waals surface area contributed by atoms with E-state index in [4.69, 9.17) is 5.11 Å². The van der Waals surface area contributed by atoms with Gasteiger partial charge in [0.25, 0.3) is 0 Å². The van der Waals surface area contributed by atoms with Crippen LogP contribution in [-0.4, -0.2) is 37.9 Å². The fraction of sp³-hybridized carbons (Fsp3) is 0.208. The minimum atomic E-state index is -1.40. The van der Waals surface area contributed by atoms with E-state index in [0.717, 1.165) is 29.0 Å². The van der Waals surface area contributed by atoms with Crippen molar-refractivity contribution in [1.29, 1.82) is 0 Å². The number of carbonyl (C=O) groups is 1. The Morgan fingerprint density at radius 3 is 2.59 bits per heavy atom. The highest BCUT2D eigenvalue weighted by molar-refractivity contribution is 7.19. The van der Waals surface area contributed by atoms with Crippen molar-refractivity contribution in [1.82, 2.24) is 14.8 Å². The first-order valence-corrected chi connectivity index (χ1v) is 11.2. The highest BCUT2D eigenvalue weighted by Gasteiger charge is 2.23. The van der Waals surface area contributed by atoms with Gasteiger partial charge >= 0.3 is 0 Å². The summed E-state index contributed by atoms with van der Waals surface area (Å²) < 4.78 is 31.2. The molecule has 7 nitrogen and oxygen atoms in total. The second-order valence-corrected chi connectivity index (χ2v) is 9.19. The van der Waals surface area contributed by atoms with Crippen LogP contribution in [0.25, 0.3) is 21.7 Å². The van der Waals surface area contributed by atoms with E-state index in [1.54, 1.807) is 35.3 Å². The van der Waals surface area contributed by atoms with Crippen LogP contribution in [0.1, 0.15) is 29.8 Å². The van der Waals surface area contributed by atoms with Crippen LogP contribution in [0, 0.1) is 11.6 Å². The Morgan fingerprint density at radius 1 is 1.21 bits per heavy atom. The number of thiophene rings is 1. The first kappa shape index (κ1) is 23.7. The van der Waals surface area contributed by atoms with Crippen molar-refractivity contribution in [3.63, 3.8) is 0 Å². The molecule has 0 aliphatic heterocycles. The van der Waals surface area contributed by atoms with Crippen LogP contribution in [-0.2, 0) is 12.1 Å². The summed E-state index contributed by atoms with van der Waals surface area (Å²) in [5, 5.41) is 26.7. The lowest BCUT2D eigenvalue weighted by Crippen LogP contribution is -2.16. The van der Waals surface area contributed by atoms with E-state index in [-0.39, 0.29) is 28.2 Å².